The van der Waals surface area contributed by atoms with E-state index in [4.69, 9.17) is 0 Å². The molecule has 0 radical (unpaired) electrons. The topological polar surface area (TPSA) is 12.0 Å². The molecule has 0 amide bonds. The zero-order chi connectivity index (χ0) is 14.7. The van der Waals surface area contributed by atoms with Crippen molar-refractivity contribution < 1.29 is 0 Å². The first kappa shape index (κ1) is 14.2. The second kappa shape index (κ2) is 6.31. The fourth-order valence-electron chi connectivity index (χ4n) is 2.67. The van der Waals surface area contributed by atoms with Crippen LogP contribution in [0, 0.1) is 0 Å². The Morgan fingerprint density at radius 2 is 1.52 bits per heavy atom. The minimum absolute atomic E-state index is 0.386. The molecule has 0 fully saturated rings. The Kier molecular flexibility index (Phi) is 4.26. The fraction of sp³-hybridized carbons (Fsp3) is 0.158. The SMILES string of the molecule is CC(Cc1ccccc1)Nc1ccc(Br)c2ccccc12. The molecule has 0 heterocycles. The molecule has 0 saturated carbocycles. The molecule has 1 atom stereocenters. The first-order valence-electron chi connectivity index (χ1n) is 7.22. The lowest BCUT2D eigenvalue weighted by molar-refractivity contribution is 0.791. The molecule has 1 N–H and O–H groups in total. The van der Waals surface area contributed by atoms with Gasteiger partial charge in [0.25, 0.3) is 0 Å². The first-order valence-corrected chi connectivity index (χ1v) is 8.01. The third kappa shape index (κ3) is 3.27. The van der Waals surface area contributed by atoms with E-state index in [0.29, 0.717) is 6.04 Å². The third-order valence-electron chi connectivity index (χ3n) is 3.66. The van der Waals surface area contributed by atoms with E-state index >= 15 is 0 Å². The number of rotatable bonds is 4. The van der Waals surface area contributed by atoms with Crippen LogP contribution >= 0.6 is 15.9 Å². The lowest BCUT2D eigenvalue weighted by atomic mass is 10.1. The van der Waals surface area contributed by atoms with Gasteiger partial charge in [-0.2, -0.15) is 0 Å². The molecule has 0 aliphatic carbocycles. The number of anilines is 1. The van der Waals surface area contributed by atoms with Crippen molar-refractivity contribution in [1.82, 2.24) is 0 Å². The monoisotopic (exact) mass is 339 g/mol. The average Bonchev–Trinajstić information content (AvgIpc) is 2.51. The van der Waals surface area contributed by atoms with Crippen LogP contribution in [-0.2, 0) is 6.42 Å². The van der Waals surface area contributed by atoms with Crippen molar-refractivity contribution in [1.29, 1.82) is 0 Å². The molecule has 0 bridgehead atoms. The van der Waals surface area contributed by atoms with Crippen molar-refractivity contribution >= 4 is 32.4 Å². The van der Waals surface area contributed by atoms with Gasteiger partial charge in [-0.25, -0.2) is 0 Å². The number of nitrogens with one attached hydrogen (secondary N) is 1. The predicted molar refractivity (Wildman–Crippen MR) is 94.9 cm³/mol. The summed E-state index contributed by atoms with van der Waals surface area (Å²) >= 11 is 3.62. The molecular weight excluding hydrogens is 322 g/mol. The maximum atomic E-state index is 3.64. The van der Waals surface area contributed by atoms with Crippen molar-refractivity contribution in [2.45, 2.75) is 19.4 Å². The van der Waals surface area contributed by atoms with E-state index in [0.717, 1.165) is 10.9 Å². The summed E-state index contributed by atoms with van der Waals surface area (Å²) in [6, 6.07) is 23.7. The Morgan fingerprint density at radius 3 is 2.29 bits per heavy atom. The number of benzene rings is 3. The van der Waals surface area contributed by atoms with Crippen LogP contribution in [0.15, 0.2) is 71.2 Å². The molecule has 21 heavy (non-hydrogen) atoms. The van der Waals surface area contributed by atoms with Gasteiger partial charge in [-0.3, -0.25) is 0 Å². The third-order valence-corrected chi connectivity index (χ3v) is 4.35. The van der Waals surface area contributed by atoms with Crippen LogP contribution in [0.2, 0.25) is 0 Å². The molecule has 3 aromatic rings. The van der Waals surface area contributed by atoms with Crippen LogP contribution in [-0.4, -0.2) is 6.04 Å². The molecule has 0 aromatic heterocycles. The molecule has 2 heteroatoms. The predicted octanol–water partition coefficient (Wildman–Crippen LogP) is 5.65. The summed E-state index contributed by atoms with van der Waals surface area (Å²) in [4.78, 5) is 0. The van der Waals surface area contributed by atoms with Crippen molar-refractivity contribution in [3.05, 3.63) is 76.8 Å². The van der Waals surface area contributed by atoms with E-state index in [1.807, 2.05) is 0 Å². The largest absolute Gasteiger partial charge is 0.382 e. The van der Waals surface area contributed by atoms with Crippen LogP contribution in [0.25, 0.3) is 10.8 Å². The highest BCUT2D eigenvalue weighted by atomic mass is 79.9. The molecule has 1 unspecified atom stereocenters. The van der Waals surface area contributed by atoms with Crippen molar-refractivity contribution in [3.63, 3.8) is 0 Å². The minimum atomic E-state index is 0.386. The molecule has 1 nitrogen and oxygen atoms in total. The Balaban J connectivity index is 1.83. The Bertz CT molecular complexity index is 737. The van der Waals surface area contributed by atoms with Gasteiger partial charge >= 0.3 is 0 Å². The number of hydrogen-bond donors (Lipinski definition) is 1. The summed E-state index contributed by atoms with van der Waals surface area (Å²) in [5, 5.41) is 6.14. The van der Waals surface area contributed by atoms with Crippen molar-refractivity contribution in [2.24, 2.45) is 0 Å². The minimum Gasteiger partial charge on any atom is -0.382 e. The highest BCUT2D eigenvalue weighted by Gasteiger charge is 2.07. The van der Waals surface area contributed by atoms with Crippen LogP contribution in [0.1, 0.15) is 12.5 Å². The van der Waals surface area contributed by atoms with Crippen LogP contribution < -0.4 is 5.32 Å². The Morgan fingerprint density at radius 1 is 0.857 bits per heavy atom. The molecule has 0 aliphatic rings. The first-order chi connectivity index (χ1) is 10.2. The smallest absolute Gasteiger partial charge is 0.0422 e. The Hall–Kier alpha value is -1.80. The van der Waals surface area contributed by atoms with E-state index in [1.54, 1.807) is 0 Å². The van der Waals surface area contributed by atoms with Gasteiger partial charge in [-0.1, -0.05) is 70.5 Å². The summed E-state index contributed by atoms with van der Waals surface area (Å²) in [5.41, 5.74) is 2.55. The van der Waals surface area contributed by atoms with Gasteiger partial charge in [-0.05, 0) is 36.4 Å². The Labute approximate surface area is 134 Å². The van der Waals surface area contributed by atoms with E-state index in [-0.39, 0.29) is 0 Å². The van der Waals surface area contributed by atoms with Gasteiger partial charge in [0.2, 0.25) is 0 Å². The van der Waals surface area contributed by atoms with Crippen LogP contribution in [0.3, 0.4) is 0 Å². The van der Waals surface area contributed by atoms with Gasteiger partial charge in [0.15, 0.2) is 0 Å². The molecule has 3 aromatic carbocycles. The van der Waals surface area contributed by atoms with Crippen LogP contribution in [0.5, 0.6) is 0 Å². The fourth-order valence-corrected chi connectivity index (χ4v) is 3.15. The lowest BCUT2D eigenvalue weighted by Crippen LogP contribution is -2.18. The summed E-state index contributed by atoms with van der Waals surface area (Å²) in [7, 11) is 0. The highest BCUT2D eigenvalue weighted by Crippen LogP contribution is 2.30. The van der Waals surface area contributed by atoms with Gasteiger partial charge in [-0.15, -0.1) is 0 Å². The zero-order valence-electron chi connectivity index (χ0n) is 12.0. The van der Waals surface area contributed by atoms with E-state index in [2.05, 4.69) is 94.9 Å². The second-order valence-corrected chi connectivity index (χ2v) is 6.23. The van der Waals surface area contributed by atoms with Gasteiger partial charge in [0, 0.05) is 21.6 Å². The molecule has 3 rings (SSSR count). The molecular formula is C19H18BrN. The number of halogens is 1. The van der Waals surface area contributed by atoms with Gasteiger partial charge < -0.3 is 5.32 Å². The quantitative estimate of drug-likeness (QED) is 0.647. The van der Waals surface area contributed by atoms with Crippen LogP contribution in [0.4, 0.5) is 5.69 Å². The molecule has 106 valence electrons. The van der Waals surface area contributed by atoms with E-state index in [9.17, 15) is 0 Å². The molecule has 0 saturated heterocycles. The standard InChI is InChI=1S/C19H18BrN/c1-14(13-15-7-3-2-4-8-15)21-19-12-11-18(20)16-9-5-6-10-17(16)19/h2-12,14,21H,13H2,1H3. The zero-order valence-corrected chi connectivity index (χ0v) is 13.6. The average molecular weight is 340 g/mol. The van der Waals surface area contributed by atoms with Gasteiger partial charge in [0.1, 0.15) is 0 Å². The summed E-state index contributed by atoms with van der Waals surface area (Å²) in [5.74, 6) is 0. The van der Waals surface area contributed by atoms with E-state index < -0.39 is 0 Å². The van der Waals surface area contributed by atoms with Crippen molar-refractivity contribution in [2.75, 3.05) is 5.32 Å². The highest BCUT2D eigenvalue weighted by molar-refractivity contribution is 9.10. The maximum Gasteiger partial charge on any atom is 0.0422 e. The summed E-state index contributed by atoms with van der Waals surface area (Å²) in [6.07, 6.45) is 1.02. The lowest BCUT2D eigenvalue weighted by Gasteiger charge is -2.17. The number of fused-ring (bicyclic) bond motifs is 1. The molecule has 0 aliphatic heterocycles. The summed E-state index contributed by atoms with van der Waals surface area (Å²) < 4.78 is 1.14. The maximum absolute atomic E-state index is 3.64. The van der Waals surface area contributed by atoms with Gasteiger partial charge in [0.05, 0.1) is 0 Å². The van der Waals surface area contributed by atoms with Crippen molar-refractivity contribution in [3.8, 4) is 0 Å². The normalized spacial score (nSPS) is 12.3. The second-order valence-electron chi connectivity index (χ2n) is 5.38. The number of hydrogen-bond acceptors (Lipinski definition) is 1. The molecule has 0 spiro atoms. The summed E-state index contributed by atoms with van der Waals surface area (Å²) in [6.45, 7) is 2.23. The van der Waals surface area contributed by atoms with E-state index in [1.165, 1.54) is 22.0 Å².